The summed E-state index contributed by atoms with van der Waals surface area (Å²) in [4.78, 5) is 25.1. The first-order valence-electron chi connectivity index (χ1n) is 7.73. The van der Waals surface area contributed by atoms with Gasteiger partial charge in [0.2, 0.25) is 0 Å². The topological polar surface area (TPSA) is 85.3 Å². The lowest BCUT2D eigenvalue weighted by Gasteiger charge is -2.45. The molecule has 0 aromatic heterocycles. The van der Waals surface area contributed by atoms with Crippen molar-refractivity contribution < 1.29 is 28.6 Å². The summed E-state index contributed by atoms with van der Waals surface area (Å²) in [5.41, 5.74) is 0. The van der Waals surface area contributed by atoms with E-state index < -0.39 is 38.6 Å². The molecule has 1 saturated heterocycles. The number of ether oxygens (including phenoxy) is 2. The van der Waals surface area contributed by atoms with E-state index in [1.807, 2.05) is 0 Å². The van der Waals surface area contributed by atoms with Crippen molar-refractivity contribution in [2.45, 2.75) is 63.6 Å². The van der Waals surface area contributed by atoms with Crippen molar-refractivity contribution in [2.24, 2.45) is 0 Å². The second-order valence-corrected chi connectivity index (χ2v) is 12.1. The first kappa shape index (κ1) is 19.9. The number of piperidine rings is 1. The minimum absolute atomic E-state index is 0.0258. The molecule has 0 bridgehead atoms. The molecule has 3 atom stereocenters. The van der Waals surface area contributed by atoms with Gasteiger partial charge >= 0.3 is 12.1 Å². The van der Waals surface area contributed by atoms with Crippen LogP contribution in [0.25, 0.3) is 0 Å². The van der Waals surface area contributed by atoms with Gasteiger partial charge in [0, 0.05) is 6.42 Å². The number of carbonyl (C=O) groups excluding carboxylic acids is 2. The predicted octanol–water partition coefficient (Wildman–Crippen LogP) is 1.75. The number of hydrogen-bond donors (Lipinski definition) is 1. The highest BCUT2D eigenvalue weighted by Gasteiger charge is 2.46. The van der Waals surface area contributed by atoms with E-state index in [0.717, 1.165) is 0 Å². The second-order valence-electron chi connectivity index (χ2n) is 7.38. The van der Waals surface area contributed by atoms with Crippen LogP contribution >= 0.6 is 0 Å². The molecule has 23 heavy (non-hydrogen) atoms. The van der Waals surface area contributed by atoms with Crippen LogP contribution in [0.1, 0.15) is 27.2 Å². The fourth-order valence-electron chi connectivity index (χ4n) is 2.30. The summed E-state index contributed by atoms with van der Waals surface area (Å²) in [6.07, 6.45) is -1.94. The van der Waals surface area contributed by atoms with Gasteiger partial charge in [-0.3, -0.25) is 4.90 Å². The SMILES string of the molecule is COC(=O)[C@@H]1C[C@@H](O)[C@H](O[Si](C)(C)C(C)(C)C)CN1C(=O)OC. The minimum Gasteiger partial charge on any atom is -0.467 e. The van der Waals surface area contributed by atoms with Crippen LogP contribution in [-0.2, 0) is 18.7 Å². The van der Waals surface area contributed by atoms with E-state index >= 15 is 0 Å². The highest BCUT2D eigenvalue weighted by molar-refractivity contribution is 6.74. The third-order valence-corrected chi connectivity index (χ3v) is 9.29. The van der Waals surface area contributed by atoms with Gasteiger partial charge in [0.15, 0.2) is 8.32 Å². The number of carbonyl (C=O) groups is 2. The number of aliphatic hydroxyl groups is 1. The number of hydrogen-bond acceptors (Lipinski definition) is 6. The molecule has 0 saturated carbocycles. The van der Waals surface area contributed by atoms with Gasteiger partial charge in [0.25, 0.3) is 0 Å². The second kappa shape index (κ2) is 7.19. The number of likely N-dealkylation sites (tertiary alicyclic amines) is 1. The lowest BCUT2D eigenvalue weighted by atomic mass is 9.97. The molecule has 1 amide bonds. The number of nitrogens with zero attached hydrogens (tertiary/aromatic N) is 1. The Morgan fingerprint density at radius 3 is 2.17 bits per heavy atom. The summed E-state index contributed by atoms with van der Waals surface area (Å²) >= 11 is 0. The van der Waals surface area contributed by atoms with Crippen molar-refractivity contribution in [3.05, 3.63) is 0 Å². The zero-order valence-corrected chi connectivity index (χ0v) is 16.1. The van der Waals surface area contributed by atoms with Crippen molar-refractivity contribution in [1.29, 1.82) is 0 Å². The Hall–Kier alpha value is -1.12. The molecule has 0 radical (unpaired) electrons. The van der Waals surface area contributed by atoms with Gasteiger partial charge in [0.05, 0.1) is 33.0 Å². The molecule has 1 aliphatic rings. The Morgan fingerprint density at radius 2 is 1.74 bits per heavy atom. The minimum atomic E-state index is -2.12. The van der Waals surface area contributed by atoms with Crippen LogP contribution in [0.4, 0.5) is 4.79 Å². The van der Waals surface area contributed by atoms with Crippen LogP contribution in [0.5, 0.6) is 0 Å². The van der Waals surface area contributed by atoms with Crippen molar-refractivity contribution >= 4 is 20.4 Å². The number of methoxy groups -OCH3 is 2. The van der Waals surface area contributed by atoms with E-state index in [1.165, 1.54) is 19.1 Å². The molecule has 0 unspecified atom stereocenters. The number of amides is 1. The molecular weight excluding hydrogens is 318 g/mol. The van der Waals surface area contributed by atoms with Crippen molar-refractivity contribution in [2.75, 3.05) is 20.8 Å². The van der Waals surface area contributed by atoms with E-state index in [1.54, 1.807) is 0 Å². The van der Waals surface area contributed by atoms with Crippen LogP contribution in [0.15, 0.2) is 0 Å². The van der Waals surface area contributed by atoms with E-state index in [9.17, 15) is 14.7 Å². The fraction of sp³-hybridized carbons (Fsp3) is 0.867. The molecule has 7 nitrogen and oxygen atoms in total. The Morgan fingerprint density at radius 1 is 1.17 bits per heavy atom. The van der Waals surface area contributed by atoms with Crippen molar-refractivity contribution in [3.63, 3.8) is 0 Å². The smallest absolute Gasteiger partial charge is 0.410 e. The van der Waals surface area contributed by atoms with Gasteiger partial charge in [-0.15, -0.1) is 0 Å². The monoisotopic (exact) mass is 347 g/mol. The molecule has 1 heterocycles. The average molecular weight is 347 g/mol. The zero-order valence-electron chi connectivity index (χ0n) is 15.1. The van der Waals surface area contributed by atoms with Crippen molar-refractivity contribution in [1.82, 2.24) is 4.90 Å². The maximum atomic E-state index is 12.0. The summed E-state index contributed by atoms with van der Waals surface area (Å²) < 4.78 is 15.7. The Labute approximate surface area is 139 Å². The molecule has 0 aromatic rings. The molecular formula is C15H29NO6Si. The number of aliphatic hydroxyl groups excluding tert-OH is 1. The Kier molecular flexibility index (Phi) is 6.23. The summed E-state index contributed by atoms with van der Waals surface area (Å²) in [5.74, 6) is -0.569. The lowest BCUT2D eigenvalue weighted by molar-refractivity contribution is -0.152. The third kappa shape index (κ3) is 4.45. The molecule has 1 fully saturated rings. The first-order chi connectivity index (χ1) is 10.4. The van der Waals surface area contributed by atoms with Crippen LogP contribution in [-0.4, -0.2) is 69.4 Å². The normalized spacial score (nSPS) is 25.9. The molecule has 134 valence electrons. The Balaban J connectivity index is 2.98. The summed E-state index contributed by atoms with van der Waals surface area (Å²) in [6.45, 7) is 10.6. The molecule has 1 aliphatic heterocycles. The third-order valence-electron chi connectivity index (χ3n) is 4.78. The van der Waals surface area contributed by atoms with Crippen LogP contribution in [0.2, 0.25) is 18.1 Å². The molecule has 1 rings (SSSR count). The van der Waals surface area contributed by atoms with Gasteiger partial charge in [-0.05, 0) is 18.1 Å². The zero-order chi connectivity index (χ0) is 18.0. The van der Waals surface area contributed by atoms with Gasteiger partial charge in [-0.25, -0.2) is 9.59 Å². The van der Waals surface area contributed by atoms with E-state index in [2.05, 4.69) is 33.9 Å². The Bertz CT molecular complexity index is 448. The fourth-order valence-corrected chi connectivity index (χ4v) is 3.64. The molecule has 8 heteroatoms. The molecule has 0 spiro atoms. The predicted molar refractivity (Wildman–Crippen MR) is 87.6 cm³/mol. The quantitative estimate of drug-likeness (QED) is 0.618. The van der Waals surface area contributed by atoms with E-state index in [-0.39, 0.29) is 18.0 Å². The molecule has 1 N–H and O–H groups in total. The maximum absolute atomic E-state index is 12.0. The van der Waals surface area contributed by atoms with Crippen molar-refractivity contribution in [3.8, 4) is 0 Å². The average Bonchev–Trinajstić information content (AvgIpc) is 2.45. The summed E-state index contributed by atoms with van der Waals surface area (Å²) in [7, 11) is 0.387. The summed E-state index contributed by atoms with van der Waals surface area (Å²) in [6, 6.07) is -0.860. The first-order valence-corrected chi connectivity index (χ1v) is 10.6. The van der Waals surface area contributed by atoms with Crippen LogP contribution in [0.3, 0.4) is 0 Å². The number of rotatable bonds is 3. The molecule has 0 aromatic carbocycles. The van der Waals surface area contributed by atoms with Gasteiger partial charge in [-0.2, -0.15) is 0 Å². The van der Waals surface area contributed by atoms with Gasteiger partial charge < -0.3 is 19.0 Å². The standard InChI is InChI=1S/C15H29NO6Si/c1-15(2,3)23(6,7)22-12-9-16(14(19)21-5)10(8-11(12)17)13(18)20-4/h10-12,17H,8-9H2,1-7H3/t10-,11+,12+/m0/s1. The number of esters is 1. The molecule has 0 aliphatic carbocycles. The highest BCUT2D eigenvalue weighted by Crippen LogP contribution is 2.38. The lowest BCUT2D eigenvalue weighted by Crippen LogP contribution is -2.60. The van der Waals surface area contributed by atoms with E-state index in [4.69, 9.17) is 13.9 Å². The van der Waals surface area contributed by atoms with Gasteiger partial charge in [0.1, 0.15) is 6.04 Å². The van der Waals surface area contributed by atoms with Crippen LogP contribution < -0.4 is 0 Å². The van der Waals surface area contributed by atoms with Crippen LogP contribution in [0, 0.1) is 0 Å². The largest absolute Gasteiger partial charge is 0.467 e. The van der Waals surface area contributed by atoms with E-state index in [0.29, 0.717) is 0 Å². The maximum Gasteiger partial charge on any atom is 0.410 e. The van der Waals surface area contributed by atoms with Gasteiger partial charge in [-0.1, -0.05) is 20.8 Å². The summed E-state index contributed by atoms with van der Waals surface area (Å²) in [5, 5.41) is 10.4. The highest BCUT2D eigenvalue weighted by atomic mass is 28.4.